The molecule has 0 spiro atoms. The number of ether oxygens (including phenoxy) is 2. The van der Waals surface area contributed by atoms with Gasteiger partial charge in [0.15, 0.2) is 23.0 Å². The summed E-state index contributed by atoms with van der Waals surface area (Å²) in [5.74, 6) is -0.0820. The van der Waals surface area contributed by atoms with Crippen molar-refractivity contribution in [2.75, 3.05) is 14.2 Å². The summed E-state index contributed by atoms with van der Waals surface area (Å²) in [7, 11) is 2.66. The molecule has 0 bridgehead atoms. The first-order chi connectivity index (χ1) is 12.7. The Morgan fingerprint density at radius 1 is 0.889 bits per heavy atom. The van der Waals surface area contributed by atoms with Crippen LogP contribution in [0.2, 0.25) is 0 Å². The molecule has 0 aromatic heterocycles. The largest absolute Gasteiger partial charge is 0.504 e. The van der Waals surface area contributed by atoms with Crippen molar-refractivity contribution in [3.05, 3.63) is 55.0 Å². The molecule has 0 aliphatic carbocycles. The standard InChI is InChI=1S/C7H6BrNO4.C7H7NO4.Br2/c1-13-6-3-4(9(11)12)2-5(8)7(6)10;1-12-7-4-5(8(10)11)2-3-6(7)9;1-2/h2-3,10H,1H3;2-4,9H,1H3;. The molecule has 2 aromatic carbocycles. The molecule has 0 radical (unpaired) electrons. The summed E-state index contributed by atoms with van der Waals surface area (Å²) in [5, 5.41) is 39.0. The maximum Gasteiger partial charge on any atom is 0.274 e. The molecule has 27 heavy (non-hydrogen) atoms. The molecule has 0 saturated heterocycles. The lowest BCUT2D eigenvalue weighted by atomic mass is 10.3. The number of hydrogen-bond donors (Lipinski definition) is 2. The van der Waals surface area contributed by atoms with Gasteiger partial charge in [0, 0.05) is 40.4 Å². The van der Waals surface area contributed by atoms with E-state index in [4.69, 9.17) is 9.84 Å². The molecular weight excluding hydrogens is 564 g/mol. The van der Waals surface area contributed by atoms with Crippen LogP contribution in [0.5, 0.6) is 23.0 Å². The third-order valence-electron chi connectivity index (χ3n) is 2.82. The molecule has 148 valence electrons. The van der Waals surface area contributed by atoms with Gasteiger partial charge in [-0.25, -0.2) is 0 Å². The van der Waals surface area contributed by atoms with Gasteiger partial charge in [-0.2, -0.15) is 0 Å². The van der Waals surface area contributed by atoms with E-state index in [0.717, 1.165) is 12.1 Å². The highest BCUT2D eigenvalue weighted by Gasteiger charge is 2.14. The fourth-order valence-electron chi connectivity index (χ4n) is 1.60. The second-order valence-electron chi connectivity index (χ2n) is 4.35. The van der Waals surface area contributed by atoms with Gasteiger partial charge < -0.3 is 19.7 Å². The lowest BCUT2D eigenvalue weighted by molar-refractivity contribution is -0.385. The fourth-order valence-corrected chi connectivity index (χ4v) is 2.03. The molecule has 0 aliphatic rings. The van der Waals surface area contributed by atoms with E-state index in [1.165, 1.54) is 32.4 Å². The molecule has 0 atom stereocenters. The van der Waals surface area contributed by atoms with Crippen LogP contribution in [0.25, 0.3) is 0 Å². The highest BCUT2D eigenvalue weighted by molar-refractivity contribution is 9.93. The van der Waals surface area contributed by atoms with Crippen molar-refractivity contribution >= 4 is 55.6 Å². The molecule has 0 unspecified atom stereocenters. The Hall–Kier alpha value is -2.12. The van der Waals surface area contributed by atoms with Crippen molar-refractivity contribution in [2.24, 2.45) is 0 Å². The SMILES string of the molecule is BrBr.COc1cc([N+](=O)[O-])cc(Br)c1O.COc1cc([N+](=O)[O-])ccc1O. The van der Waals surface area contributed by atoms with Crippen LogP contribution in [0.1, 0.15) is 0 Å². The number of nitro groups is 2. The van der Waals surface area contributed by atoms with E-state index in [0.29, 0.717) is 0 Å². The molecule has 0 amide bonds. The van der Waals surface area contributed by atoms with Crippen molar-refractivity contribution < 1.29 is 29.5 Å². The summed E-state index contributed by atoms with van der Waals surface area (Å²) in [6, 6.07) is 5.95. The van der Waals surface area contributed by atoms with Crippen molar-refractivity contribution in [3.8, 4) is 23.0 Å². The Balaban J connectivity index is 0.000000460. The zero-order chi connectivity index (χ0) is 21.1. The van der Waals surface area contributed by atoms with Gasteiger partial charge in [0.25, 0.3) is 11.4 Å². The predicted molar refractivity (Wildman–Crippen MR) is 108 cm³/mol. The highest BCUT2D eigenvalue weighted by atomic mass is 80.9. The summed E-state index contributed by atoms with van der Waals surface area (Å²) in [6.07, 6.45) is 0. The average Bonchev–Trinajstić information content (AvgIpc) is 2.66. The minimum Gasteiger partial charge on any atom is -0.504 e. The fraction of sp³-hybridized carbons (Fsp3) is 0.143. The molecular formula is C14H13Br3N2O8. The van der Waals surface area contributed by atoms with Gasteiger partial charge in [0.05, 0.1) is 40.7 Å². The number of nitro benzene ring substituents is 2. The first kappa shape index (κ1) is 24.9. The molecule has 0 saturated carbocycles. The lowest BCUT2D eigenvalue weighted by Crippen LogP contribution is -1.90. The van der Waals surface area contributed by atoms with E-state index in [1.54, 1.807) is 0 Å². The predicted octanol–water partition coefficient (Wildman–Crippen LogP) is 5.07. The number of hydrogen-bond acceptors (Lipinski definition) is 8. The van der Waals surface area contributed by atoms with Crippen molar-refractivity contribution in [1.82, 2.24) is 0 Å². The summed E-state index contributed by atoms with van der Waals surface area (Å²) in [6.45, 7) is 0. The van der Waals surface area contributed by atoms with Crippen LogP contribution >= 0.6 is 44.2 Å². The second kappa shape index (κ2) is 12.3. The zero-order valence-electron chi connectivity index (χ0n) is 13.8. The molecule has 10 nitrogen and oxygen atoms in total. The molecule has 2 rings (SSSR count). The minimum atomic E-state index is -0.563. The van der Waals surface area contributed by atoms with E-state index in [1.807, 2.05) is 0 Å². The maximum absolute atomic E-state index is 10.4. The number of phenols is 2. The molecule has 13 heteroatoms. The third kappa shape index (κ3) is 7.56. The van der Waals surface area contributed by atoms with Crippen LogP contribution < -0.4 is 9.47 Å². The maximum atomic E-state index is 10.4. The number of aromatic hydroxyl groups is 2. The van der Waals surface area contributed by atoms with Gasteiger partial charge in [0.2, 0.25) is 0 Å². The molecule has 0 fully saturated rings. The van der Waals surface area contributed by atoms with Crippen LogP contribution in [-0.2, 0) is 0 Å². The van der Waals surface area contributed by atoms with Crippen molar-refractivity contribution in [2.45, 2.75) is 0 Å². The lowest BCUT2D eigenvalue weighted by Gasteiger charge is -2.03. The Labute approximate surface area is 177 Å². The number of halogens is 3. The number of non-ortho nitro benzene ring substituents is 2. The van der Waals surface area contributed by atoms with E-state index in [2.05, 4.69) is 48.9 Å². The monoisotopic (exact) mass is 574 g/mol. The van der Waals surface area contributed by atoms with Crippen LogP contribution in [0.4, 0.5) is 11.4 Å². The number of nitrogens with zero attached hydrogens (tertiary/aromatic N) is 2. The number of benzene rings is 2. The molecule has 2 aromatic rings. The van der Waals surface area contributed by atoms with E-state index in [9.17, 15) is 25.3 Å². The average molecular weight is 577 g/mol. The number of phenolic OH excluding ortho intramolecular Hbond substituents is 2. The van der Waals surface area contributed by atoms with Gasteiger partial charge in [-0.1, -0.05) is 0 Å². The van der Waals surface area contributed by atoms with Crippen molar-refractivity contribution in [3.63, 3.8) is 0 Å². The third-order valence-corrected chi connectivity index (χ3v) is 3.42. The molecule has 0 heterocycles. The smallest absolute Gasteiger partial charge is 0.274 e. The Morgan fingerprint density at radius 3 is 1.81 bits per heavy atom. The van der Waals surface area contributed by atoms with Gasteiger partial charge in [-0.05, 0) is 22.0 Å². The Bertz CT molecular complexity index is 804. The highest BCUT2D eigenvalue weighted by Crippen LogP contribution is 2.37. The van der Waals surface area contributed by atoms with E-state index in [-0.39, 0.29) is 38.8 Å². The van der Waals surface area contributed by atoms with Crippen LogP contribution in [-0.4, -0.2) is 34.3 Å². The molecule has 2 N–H and O–H groups in total. The van der Waals surface area contributed by atoms with Gasteiger partial charge in [0.1, 0.15) is 0 Å². The van der Waals surface area contributed by atoms with Gasteiger partial charge >= 0.3 is 0 Å². The van der Waals surface area contributed by atoms with E-state index < -0.39 is 9.85 Å². The first-order valence-corrected chi connectivity index (χ1v) is 11.1. The zero-order valence-corrected chi connectivity index (χ0v) is 18.5. The van der Waals surface area contributed by atoms with Gasteiger partial charge in [-0.3, -0.25) is 20.2 Å². The summed E-state index contributed by atoms with van der Waals surface area (Å²) >= 11 is 8.47. The quantitative estimate of drug-likeness (QED) is 0.379. The number of rotatable bonds is 4. The van der Waals surface area contributed by atoms with Gasteiger partial charge in [-0.15, -0.1) is 0 Å². The minimum absolute atomic E-state index is 0.0704. The number of methoxy groups -OCH3 is 2. The summed E-state index contributed by atoms with van der Waals surface area (Å²) < 4.78 is 9.65. The summed E-state index contributed by atoms with van der Waals surface area (Å²) in [4.78, 5) is 19.5. The van der Waals surface area contributed by atoms with E-state index >= 15 is 0 Å². The van der Waals surface area contributed by atoms with Crippen molar-refractivity contribution in [1.29, 1.82) is 0 Å². The second-order valence-corrected chi connectivity index (χ2v) is 5.20. The van der Waals surface area contributed by atoms with Crippen LogP contribution in [0.3, 0.4) is 0 Å². The topological polar surface area (TPSA) is 145 Å². The Morgan fingerprint density at radius 2 is 1.37 bits per heavy atom. The summed E-state index contributed by atoms with van der Waals surface area (Å²) in [5.41, 5.74) is -0.244. The first-order valence-electron chi connectivity index (χ1n) is 6.57. The Kier molecular flexibility index (Phi) is 11.3. The van der Waals surface area contributed by atoms with Crippen LogP contribution in [0.15, 0.2) is 34.8 Å². The molecule has 0 aliphatic heterocycles. The normalized spacial score (nSPS) is 9.07. The van der Waals surface area contributed by atoms with Crippen LogP contribution in [0, 0.1) is 20.2 Å².